The second-order valence-electron chi connectivity index (χ2n) is 5.95. The van der Waals surface area contributed by atoms with E-state index in [2.05, 4.69) is 10.5 Å². The standard InChI is InChI=1S/C23H20N2O3S2/c1-28-18-12-13-21(26)17(14-18)16-24-25-22(27)15-23(29-19-8-4-2-5-9-19)30-20-10-6-3-7-11-20/h2-16,26H,1H3,(H,25,27)/b24-16-. The maximum Gasteiger partial charge on any atom is 0.265 e. The highest BCUT2D eigenvalue weighted by Gasteiger charge is 2.07. The minimum atomic E-state index is -0.365. The summed E-state index contributed by atoms with van der Waals surface area (Å²) < 4.78 is 5.94. The van der Waals surface area contributed by atoms with Gasteiger partial charge < -0.3 is 9.84 Å². The molecule has 0 saturated carbocycles. The summed E-state index contributed by atoms with van der Waals surface area (Å²) in [5.74, 6) is 0.265. The molecule has 3 aromatic rings. The SMILES string of the molecule is COc1ccc(O)c(/C=N\NC(=O)C=C(Sc2ccccc2)Sc2ccccc2)c1. The molecule has 0 heterocycles. The number of hydrogen-bond acceptors (Lipinski definition) is 6. The van der Waals surface area contributed by atoms with Gasteiger partial charge in [-0.25, -0.2) is 5.43 Å². The van der Waals surface area contributed by atoms with Gasteiger partial charge in [0.15, 0.2) is 0 Å². The number of hydrazone groups is 1. The molecule has 5 nitrogen and oxygen atoms in total. The van der Waals surface area contributed by atoms with E-state index in [-0.39, 0.29) is 11.7 Å². The Balaban J connectivity index is 1.72. The third-order valence-corrected chi connectivity index (χ3v) is 5.94. The molecule has 0 radical (unpaired) electrons. The Morgan fingerprint density at radius 3 is 2.13 bits per heavy atom. The van der Waals surface area contributed by atoms with Crippen molar-refractivity contribution in [3.8, 4) is 11.5 Å². The largest absolute Gasteiger partial charge is 0.507 e. The number of carbonyl (C=O) groups excluding carboxylic acids is 1. The molecular weight excluding hydrogens is 416 g/mol. The van der Waals surface area contributed by atoms with Gasteiger partial charge in [0.25, 0.3) is 5.91 Å². The van der Waals surface area contributed by atoms with Gasteiger partial charge in [-0.1, -0.05) is 59.9 Å². The minimum absolute atomic E-state index is 0.0456. The van der Waals surface area contributed by atoms with Crippen molar-refractivity contribution in [2.24, 2.45) is 5.10 Å². The monoisotopic (exact) mass is 436 g/mol. The summed E-state index contributed by atoms with van der Waals surface area (Å²) in [6.45, 7) is 0. The van der Waals surface area contributed by atoms with Crippen LogP contribution < -0.4 is 10.2 Å². The normalized spacial score (nSPS) is 10.6. The number of amides is 1. The highest BCUT2D eigenvalue weighted by Crippen LogP contribution is 2.38. The first-order valence-corrected chi connectivity index (χ1v) is 10.6. The summed E-state index contributed by atoms with van der Waals surface area (Å²) in [5, 5.41) is 13.8. The molecule has 0 unspecified atom stereocenters. The van der Waals surface area contributed by atoms with E-state index in [1.165, 1.54) is 49.0 Å². The minimum Gasteiger partial charge on any atom is -0.507 e. The number of nitrogens with zero attached hydrogens (tertiary/aromatic N) is 1. The third kappa shape index (κ3) is 6.72. The molecular formula is C23H20N2O3S2. The topological polar surface area (TPSA) is 70.9 Å². The van der Waals surface area contributed by atoms with E-state index in [0.29, 0.717) is 11.3 Å². The number of thioether (sulfide) groups is 2. The van der Waals surface area contributed by atoms with Gasteiger partial charge in [0, 0.05) is 21.4 Å². The fourth-order valence-electron chi connectivity index (χ4n) is 2.36. The lowest BCUT2D eigenvalue weighted by Crippen LogP contribution is -2.14. The number of phenolic OH excluding ortho intramolecular Hbond substituents is 1. The molecule has 0 fully saturated rings. The average molecular weight is 437 g/mol. The molecule has 30 heavy (non-hydrogen) atoms. The maximum atomic E-state index is 12.4. The molecule has 0 aliphatic rings. The number of aromatic hydroxyl groups is 1. The van der Waals surface area contributed by atoms with Gasteiger partial charge in [-0.2, -0.15) is 5.10 Å². The summed E-state index contributed by atoms with van der Waals surface area (Å²) in [6, 6.07) is 24.5. The molecule has 2 N–H and O–H groups in total. The highest BCUT2D eigenvalue weighted by atomic mass is 32.2. The van der Waals surface area contributed by atoms with Gasteiger partial charge in [-0.15, -0.1) is 0 Å². The molecule has 3 rings (SSSR count). The molecule has 0 spiro atoms. The summed E-state index contributed by atoms with van der Waals surface area (Å²) in [5.41, 5.74) is 2.91. The van der Waals surface area contributed by atoms with Crippen LogP contribution in [0.2, 0.25) is 0 Å². The predicted octanol–water partition coefficient (Wildman–Crippen LogP) is 5.28. The van der Waals surface area contributed by atoms with E-state index in [9.17, 15) is 9.90 Å². The maximum absolute atomic E-state index is 12.4. The zero-order valence-corrected chi connectivity index (χ0v) is 17.8. The molecule has 0 bridgehead atoms. The van der Waals surface area contributed by atoms with Crippen LogP contribution in [0.1, 0.15) is 5.56 Å². The second kappa shape index (κ2) is 11.1. The van der Waals surface area contributed by atoms with E-state index in [4.69, 9.17) is 4.74 Å². The van der Waals surface area contributed by atoms with Crippen molar-refractivity contribution >= 4 is 35.6 Å². The van der Waals surface area contributed by atoms with Crippen LogP contribution in [-0.4, -0.2) is 24.3 Å². The Bertz CT molecular complexity index is 995. The highest BCUT2D eigenvalue weighted by molar-refractivity contribution is 8.22. The van der Waals surface area contributed by atoms with Crippen LogP contribution in [-0.2, 0) is 4.79 Å². The Kier molecular flexibility index (Phi) is 8.00. The summed E-state index contributed by atoms with van der Waals surface area (Å²) in [7, 11) is 1.54. The lowest BCUT2D eigenvalue weighted by molar-refractivity contribution is -0.116. The number of methoxy groups -OCH3 is 1. The zero-order valence-electron chi connectivity index (χ0n) is 16.2. The first-order valence-electron chi connectivity index (χ1n) is 9.01. The summed E-state index contributed by atoms with van der Waals surface area (Å²) in [4.78, 5) is 14.5. The second-order valence-corrected chi connectivity index (χ2v) is 8.44. The van der Waals surface area contributed by atoms with Crippen molar-refractivity contribution < 1.29 is 14.6 Å². The molecule has 0 aliphatic carbocycles. The molecule has 7 heteroatoms. The van der Waals surface area contributed by atoms with E-state index >= 15 is 0 Å². The first-order chi connectivity index (χ1) is 14.6. The molecule has 0 saturated heterocycles. The van der Waals surface area contributed by atoms with Gasteiger partial charge in [-0.05, 0) is 42.5 Å². The Morgan fingerprint density at radius 1 is 0.967 bits per heavy atom. The van der Waals surface area contributed by atoms with Crippen molar-refractivity contribution in [2.75, 3.05) is 7.11 Å². The molecule has 0 aromatic heterocycles. The third-order valence-electron chi connectivity index (χ3n) is 3.79. The number of nitrogens with one attached hydrogen (secondary N) is 1. The fourth-order valence-corrected chi connectivity index (χ4v) is 4.48. The molecule has 0 atom stereocenters. The lowest BCUT2D eigenvalue weighted by atomic mass is 10.2. The fraction of sp³-hybridized carbons (Fsp3) is 0.0435. The van der Waals surface area contributed by atoms with Gasteiger partial charge in [0.2, 0.25) is 0 Å². The molecule has 0 aliphatic heterocycles. The van der Waals surface area contributed by atoms with Crippen molar-refractivity contribution in [1.82, 2.24) is 5.43 Å². The van der Waals surface area contributed by atoms with Crippen molar-refractivity contribution in [3.63, 3.8) is 0 Å². The quantitative estimate of drug-likeness (QED) is 0.218. The van der Waals surface area contributed by atoms with Crippen molar-refractivity contribution in [3.05, 3.63) is 94.7 Å². The van der Waals surface area contributed by atoms with Crippen LogP contribution in [0.5, 0.6) is 11.5 Å². The number of benzene rings is 3. The first kappa shape index (κ1) is 21.5. The van der Waals surface area contributed by atoms with Crippen LogP contribution in [0.15, 0.2) is 104 Å². The summed E-state index contributed by atoms with van der Waals surface area (Å²) in [6.07, 6.45) is 2.88. The molecule has 3 aromatic carbocycles. The van der Waals surface area contributed by atoms with Crippen LogP contribution in [0.25, 0.3) is 0 Å². The van der Waals surface area contributed by atoms with Crippen molar-refractivity contribution in [2.45, 2.75) is 9.79 Å². The van der Waals surface area contributed by atoms with Gasteiger partial charge in [0.1, 0.15) is 11.5 Å². The lowest BCUT2D eigenvalue weighted by Gasteiger charge is -2.07. The number of phenols is 1. The van der Waals surface area contributed by atoms with Crippen LogP contribution in [0.4, 0.5) is 0 Å². The van der Waals surface area contributed by atoms with Crippen LogP contribution in [0, 0.1) is 0 Å². The molecule has 1 amide bonds. The van der Waals surface area contributed by atoms with Gasteiger partial charge in [0.05, 0.1) is 17.6 Å². The summed E-state index contributed by atoms with van der Waals surface area (Å²) >= 11 is 3.01. The average Bonchev–Trinajstić information content (AvgIpc) is 2.76. The van der Waals surface area contributed by atoms with Crippen molar-refractivity contribution in [1.29, 1.82) is 0 Å². The zero-order chi connectivity index (χ0) is 21.2. The molecule has 152 valence electrons. The van der Waals surface area contributed by atoms with E-state index in [0.717, 1.165) is 14.0 Å². The van der Waals surface area contributed by atoms with Crippen LogP contribution in [0.3, 0.4) is 0 Å². The Morgan fingerprint density at radius 2 is 1.57 bits per heavy atom. The Hall–Kier alpha value is -3.16. The smallest absolute Gasteiger partial charge is 0.265 e. The number of ether oxygens (including phenoxy) is 1. The predicted molar refractivity (Wildman–Crippen MR) is 123 cm³/mol. The number of hydrogen-bond donors (Lipinski definition) is 2. The Labute approximate surface area is 183 Å². The van der Waals surface area contributed by atoms with E-state index in [1.807, 2.05) is 60.7 Å². The van der Waals surface area contributed by atoms with Gasteiger partial charge >= 0.3 is 0 Å². The van der Waals surface area contributed by atoms with E-state index in [1.54, 1.807) is 12.1 Å². The van der Waals surface area contributed by atoms with Gasteiger partial charge in [-0.3, -0.25) is 4.79 Å². The number of rotatable bonds is 8. The van der Waals surface area contributed by atoms with Crippen LogP contribution >= 0.6 is 23.5 Å². The van der Waals surface area contributed by atoms with E-state index < -0.39 is 0 Å². The number of carbonyl (C=O) groups is 1.